The van der Waals surface area contributed by atoms with Gasteiger partial charge in [-0.25, -0.2) is 4.79 Å². The number of hydrogen-bond acceptors (Lipinski definition) is 5. The van der Waals surface area contributed by atoms with E-state index < -0.39 is 11.9 Å². The second-order valence-corrected chi connectivity index (χ2v) is 5.55. The second-order valence-electron chi connectivity index (χ2n) is 5.55. The first-order valence-electron chi connectivity index (χ1n) is 8.39. The van der Waals surface area contributed by atoms with Gasteiger partial charge in [-0.1, -0.05) is 39.5 Å². The monoisotopic (exact) mass is 337 g/mol. The van der Waals surface area contributed by atoms with Crippen LogP contribution in [0.2, 0.25) is 0 Å². The fraction of sp³-hybridized carbons (Fsp3) is 0.556. The number of carbonyl (C=O) groups is 2. The van der Waals surface area contributed by atoms with Crippen molar-refractivity contribution in [1.29, 1.82) is 0 Å². The molecule has 6 nitrogen and oxygen atoms in total. The number of aromatic carboxylic acids is 2. The minimum atomic E-state index is -1.42. The van der Waals surface area contributed by atoms with Crippen LogP contribution in [-0.4, -0.2) is 30.3 Å². The zero-order valence-electron chi connectivity index (χ0n) is 14.3. The number of carboxylic acid groups (broad SMARTS) is 2. The largest absolute Gasteiger partial charge is 0.545 e. The van der Waals surface area contributed by atoms with Gasteiger partial charge in [0.25, 0.3) is 0 Å². The summed E-state index contributed by atoms with van der Waals surface area (Å²) >= 11 is 0. The quantitative estimate of drug-likeness (QED) is 0.589. The molecule has 0 amide bonds. The Kier molecular flexibility index (Phi) is 8.68. The summed E-state index contributed by atoms with van der Waals surface area (Å²) in [7, 11) is 0. The van der Waals surface area contributed by atoms with E-state index in [0.29, 0.717) is 13.2 Å². The number of rotatable bonds is 12. The molecule has 0 spiro atoms. The highest BCUT2D eigenvalue weighted by Gasteiger charge is 2.18. The van der Waals surface area contributed by atoms with Gasteiger partial charge in [0.2, 0.25) is 0 Å². The van der Waals surface area contributed by atoms with E-state index in [1.54, 1.807) is 0 Å². The van der Waals surface area contributed by atoms with Crippen molar-refractivity contribution in [1.82, 2.24) is 0 Å². The molecule has 1 rings (SSSR count). The summed E-state index contributed by atoms with van der Waals surface area (Å²) in [6.07, 6.45) is 5.44. The minimum Gasteiger partial charge on any atom is -0.545 e. The molecular weight excluding hydrogens is 312 g/mol. The zero-order chi connectivity index (χ0) is 17.9. The van der Waals surface area contributed by atoms with Crippen LogP contribution in [0.15, 0.2) is 12.1 Å². The van der Waals surface area contributed by atoms with Gasteiger partial charge in [-0.2, -0.15) is 0 Å². The number of ether oxygens (including phenoxy) is 2. The third-order valence-corrected chi connectivity index (χ3v) is 3.54. The molecule has 0 aliphatic rings. The lowest BCUT2D eigenvalue weighted by Gasteiger charge is -2.16. The summed E-state index contributed by atoms with van der Waals surface area (Å²) in [5, 5.41) is 20.7. The van der Waals surface area contributed by atoms with Crippen molar-refractivity contribution in [3.8, 4) is 11.5 Å². The van der Waals surface area contributed by atoms with Crippen molar-refractivity contribution in [2.24, 2.45) is 0 Å². The van der Waals surface area contributed by atoms with Crippen molar-refractivity contribution >= 4 is 11.9 Å². The van der Waals surface area contributed by atoms with Gasteiger partial charge >= 0.3 is 5.97 Å². The third-order valence-electron chi connectivity index (χ3n) is 3.54. The average molecular weight is 337 g/mol. The van der Waals surface area contributed by atoms with Crippen LogP contribution in [0.5, 0.6) is 11.5 Å². The topological polar surface area (TPSA) is 95.9 Å². The Morgan fingerprint density at radius 1 is 0.917 bits per heavy atom. The molecule has 0 aromatic heterocycles. The van der Waals surface area contributed by atoms with Crippen LogP contribution in [-0.2, 0) is 0 Å². The highest BCUT2D eigenvalue weighted by Crippen LogP contribution is 2.29. The number of unbranched alkanes of at least 4 members (excludes halogenated alkanes) is 4. The highest BCUT2D eigenvalue weighted by molar-refractivity contribution is 5.96. The van der Waals surface area contributed by atoms with E-state index >= 15 is 0 Å². The first-order valence-corrected chi connectivity index (χ1v) is 8.39. The molecule has 1 aromatic carbocycles. The fourth-order valence-corrected chi connectivity index (χ4v) is 2.19. The molecule has 24 heavy (non-hydrogen) atoms. The lowest BCUT2D eigenvalue weighted by molar-refractivity contribution is -0.255. The molecule has 0 heterocycles. The lowest BCUT2D eigenvalue weighted by atomic mass is 10.1. The lowest BCUT2D eigenvalue weighted by Crippen LogP contribution is -2.24. The fourth-order valence-electron chi connectivity index (χ4n) is 2.19. The molecule has 0 unspecified atom stereocenters. The first-order chi connectivity index (χ1) is 11.5. The van der Waals surface area contributed by atoms with Crippen LogP contribution in [0.3, 0.4) is 0 Å². The smallest absolute Gasteiger partial charge is 0.339 e. The summed E-state index contributed by atoms with van der Waals surface area (Å²) in [6.45, 7) is 4.74. The number of hydrogen-bond donors (Lipinski definition) is 1. The maximum atomic E-state index is 11.4. The molecule has 0 atom stereocenters. The van der Waals surface area contributed by atoms with E-state index in [4.69, 9.17) is 9.47 Å². The molecule has 0 saturated carbocycles. The predicted molar refractivity (Wildman–Crippen MR) is 87.8 cm³/mol. The summed E-state index contributed by atoms with van der Waals surface area (Å²) in [5.74, 6) is -2.58. The van der Waals surface area contributed by atoms with Crippen molar-refractivity contribution in [2.45, 2.75) is 52.4 Å². The van der Waals surface area contributed by atoms with Crippen molar-refractivity contribution in [3.63, 3.8) is 0 Å². The van der Waals surface area contributed by atoms with Crippen LogP contribution in [0.25, 0.3) is 0 Å². The molecule has 1 N–H and O–H groups in total. The van der Waals surface area contributed by atoms with Gasteiger partial charge in [0.1, 0.15) is 17.1 Å². The van der Waals surface area contributed by atoms with Crippen LogP contribution in [0.1, 0.15) is 73.1 Å². The van der Waals surface area contributed by atoms with E-state index in [2.05, 4.69) is 0 Å². The number of carbonyl (C=O) groups excluding carboxylic acids is 1. The highest BCUT2D eigenvalue weighted by atomic mass is 16.5. The van der Waals surface area contributed by atoms with Gasteiger partial charge in [0, 0.05) is 5.56 Å². The maximum Gasteiger partial charge on any atom is 0.339 e. The molecule has 6 heteroatoms. The van der Waals surface area contributed by atoms with Crippen molar-refractivity contribution in [2.75, 3.05) is 13.2 Å². The number of benzene rings is 1. The van der Waals surface area contributed by atoms with Crippen LogP contribution in [0.4, 0.5) is 0 Å². The van der Waals surface area contributed by atoms with E-state index in [9.17, 15) is 19.8 Å². The van der Waals surface area contributed by atoms with Gasteiger partial charge in [-0.15, -0.1) is 0 Å². The Hall–Kier alpha value is -2.24. The Labute approximate surface area is 142 Å². The SMILES string of the molecule is CCCCCOc1cc(C(=O)O)c(OCCCCC)cc1C(=O)[O-]. The van der Waals surface area contributed by atoms with Gasteiger partial charge in [-0.3, -0.25) is 0 Å². The molecule has 0 radical (unpaired) electrons. The van der Waals surface area contributed by atoms with Crippen LogP contribution in [0, 0.1) is 0 Å². The van der Waals surface area contributed by atoms with Crippen LogP contribution < -0.4 is 14.6 Å². The van der Waals surface area contributed by atoms with Gasteiger partial charge in [0.05, 0.1) is 19.2 Å². The predicted octanol–water partition coefficient (Wildman–Crippen LogP) is 2.89. The Morgan fingerprint density at radius 3 is 1.79 bits per heavy atom. The summed E-state index contributed by atoms with van der Waals surface area (Å²) in [6, 6.07) is 2.38. The van der Waals surface area contributed by atoms with Gasteiger partial charge < -0.3 is 24.5 Å². The number of carboxylic acids is 2. The molecule has 0 saturated heterocycles. The summed E-state index contributed by atoms with van der Waals surface area (Å²) in [4.78, 5) is 22.7. The van der Waals surface area contributed by atoms with Gasteiger partial charge in [-0.05, 0) is 25.0 Å². The van der Waals surface area contributed by atoms with E-state index in [-0.39, 0.29) is 22.6 Å². The molecular formula is C18H25O6-. The van der Waals surface area contributed by atoms with E-state index in [0.717, 1.165) is 38.5 Å². The van der Waals surface area contributed by atoms with Crippen molar-refractivity contribution < 1.29 is 29.3 Å². The molecule has 134 valence electrons. The summed E-state index contributed by atoms with van der Waals surface area (Å²) < 4.78 is 10.9. The van der Waals surface area contributed by atoms with Crippen molar-refractivity contribution in [3.05, 3.63) is 23.3 Å². The van der Waals surface area contributed by atoms with Gasteiger partial charge in [0.15, 0.2) is 0 Å². The van der Waals surface area contributed by atoms with E-state index in [1.807, 2.05) is 13.8 Å². The molecule has 0 aliphatic carbocycles. The Morgan fingerprint density at radius 2 is 1.38 bits per heavy atom. The molecule has 0 bridgehead atoms. The molecule has 0 aliphatic heterocycles. The maximum absolute atomic E-state index is 11.4. The summed E-state index contributed by atoms with van der Waals surface area (Å²) in [5.41, 5.74) is -0.302. The second kappa shape index (κ2) is 10.5. The standard InChI is InChI=1S/C18H26O6/c1-3-5-7-9-23-15-11-14(18(21)22)16(12-13(15)17(19)20)24-10-8-6-4-2/h11-12H,3-10H2,1-2H3,(H,19,20)(H,21,22)/p-1. The van der Waals surface area contributed by atoms with Crippen LogP contribution >= 0.6 is 0 Å². The molecule has 0 fully saturated rings. The minimum absolute atomic E-state index is 0.00408. The first kappa shape index (κ1) is 19.8. The Bertz CT molecular complexity index is 503. The zero-order valence-corrected chi connectivity index (χ0v) is 14.3. The average Bonchev–Trinajstić information content (AvgIpc) is 2.55. The normalized spacial score (nSPS) is 10.4. The molecule has 1 aromatic rings. The Balaban J connectivity index is 3.00. The third kappa shape index (κ3) is 6.10. The van der Waals surface area contributed by atoms with E-state index in [1.165, 1.54) is 12.1 Å².